The number of hydrogen-bond acceptors (Lipinski definition) is 3. The van der Waals surface area contributed by atoms with Gasteiger partial charge in [-0.25, -0.2) is 0 Å². The summed E-state index contributed by atoms with van der Waals surface area (Å²) in [6.45, 7) is 11.0. The molecule has 0 aromatic heterocycles. The molecule has 2 unspecified atom stereocenters. The zero-order valence-corrected chi connectivity index (χ0v) is 12.2. The largest absolute Gasteiger partial charge is 0.394 e. The summed E-state index contributed by atoms with van der Waals surface area (Å²) in [5, 5.41) is 8.86. The van der Waals surface area contributed by atoms with Crippen molar-refractivity contribution in [3.63, 3.8) is 0 Å². The van der Waals surface area contributed by atoms with Crippen molar-refractivity contribution in [3.05, 3.63) is 0 Å². The predicted molar refractivity (Wildman–Crippen MR) is 71.3 cm³/mol. The molecule has 0 heterocycles. The molecule has 2 atom stereocenters. The zero-order chi connectivity index (χ0) is 13.3. The predicted octanol–water partition coefficient (Wildman–Crippen LogP) is 3.15. The Morgan fingerprint density at radius 1 is 1.12 bits per heavy atom. The Kier molecular flexibility index (Phi) is 8.83. The Hall–Kier alpha value is -0.120. The molecule has 0 radical (unpaired) electrons. The summed E-state index contributed by atoms with van der Waals surface area (Å²) in [6.07, 6.45) is 4.76. The number of rotatable bonds is 10. The van der Waals surface area contributed by atoms with Crippen LogP contribution in [0.3, 0.4) is 0 Å². The standard InChI is InChI=1S/C14H30O3/c1-6-7-8-9-14(4,5)17-13(3)11-16-12(2)10-15/h12-13,15H,6-11H2,1-5H3. The van der Waals surface area contributed by atoms with Crippen LogP contribution in [0.2, 0.25) is 0 Å². The van der Waals surface area contributed by atoms with E-state index in [1.165, 1.54) is 19.3 Å². The molecule has 3 nitrogen and oxygen atoms in total. The molecule has 0 aliphatic carbocycles. The van der Waals surface area contributed by atoms with E-state index in [9.17, 15) is 0 Å². The van der Waals surface area contributed by atoms with E-state index in [1.807, 2.05) is 13.8 Å². The van der Waals surface area contributed by atoms with Crippen molar-refractivity contribution < 1.29 is 14.6 Å². The fourth-order valence-corrected chi connectivity index (χ4v) is 1.79. The summed E-state index contributed by atoms with van der Waals surface area (Å²) in [7, 11) is 0. The first kappa shape index (κ1) is 16.9. The highest BCUT2D eigenvalue weighted by Crippen LogP contribution is 2.20. The average Bonchev–Trinajstić information content (AvgIpc) is 2.25. The first-order chi connectivity index (χ1) is 7.91. The highest BCUT2D eigenvalue weighted by Gasteiger charge is 2.21. The second-order valence-corrected chi connectivity index (χ2v) is 5.47. The summed E-state index contributed by atoms with van der Waals surface area (Å²) in [4.78, 5) is 0. The summed E-state index contributed by atoms with van der Waals surface area (Å²) in [6, 6.07) is 0. The molecule has 1 N–H and O–H groups in total. The van der Waals surface area contributed by atoms with Crippen molar-refractivity contribution in [1.82, 2.24) is 0 Å². The monoisotopic (exact) mass is 246 g/mol. The van der Waals surface area contributed by atoms with E-state index < -0.39 is 0 Å². The fraction of sp³-hybridized carbons (Fsp3) is 1.00. The van der Waals surface area contributed by atoms with Gasteiger partial charge in [0.15, 0.2) is 0 Å². The third-order valence-electron chi connectivity index (χ3n) is 2.78. The molecule has 0 aromatic rings. The number of hydrogen-bond donors (Lipinski definition) is 1. The molecule has 0 saturated heterocycles. The summed E-state index contributed by atoms with van der Waals surface area (Å²) < 4.78 is 11.4. The summed E-state index contributed by atoms with van der Waals surface area (Å²) >= 11 is 0. The molecule has 0 rings (SSSR count). The van der Waals surface area contributed by atoms with Gasteiger partial charge in [-0.3, -0.25) is 0 Å². The Morgan fingerprint density at radius 2 is 1.76 bits per heavy atom. The Morgan fingerprint density at radius 3 is 2.29 bits per heavy atom. The average molecular weight is 246 g/mol. The van der Waals surface area contributed by atoms with Crippen LogP contribution < -0.4 is 0 Å². The maximum atomic E-state index is 8.86. The lowest BCUT2D eigenvalue weighted by molar-refractivity contribution is -0.111. The van der Waals surface area contributed by atoms with E-state index in [0.29, 0.717) is 6.61 Å². The number of aliphatic hydroxyl groups is 1. The van der Waals surface area contributed by atoms with Crippen molar-refractivity contribution in [2.45, 2.75) is 78.1 Å². The molecule has 0 aliphatic heterocycles. The molecule has 0 spiro atoms. The van der Waals surface area contributed by atoms with E-state index in [2.05, 4.69) is 20.8 Å². The van der Waals surface area contributed by atoms with Crippen LogP contribution in [0.5, 0.6) is 0 Å². The van der Waals surface area contributed by atoms with Crippen molar-refractivity contribution in [3.8, 4) is 0 Å². The lowest BCUT2D eigenvalue weighted by atomic mass is 10.0. The van der Waals surface area contributed by atoms with Gasteiger partial charge in [-0.2, -0.15) is 0 Å². The van der Waals surface area contributed by atoms with Crippen molar-refractivity contribution in [2.75, 3.05) is 13.2 Å². The maximum absolute atomic E-state index is 8.86. The van der Waals surface area contributed by atoms with Gasteiger partial charge >= 0.3 is 0 Å². The minimum Gasteiger partial charge on any atom is -0.394 e. The zero-order valence-electron chi connectivity index (χ0n) is 12.2. The fourth-order valence-electron chi connectivity index (χ4n) is 1.79. The number of ether oxygens (including phenoxy) is 2. The van der Waals surface area contributed by atoms with Gasteiger partial charge in [-0.15, -0.1) is 0 Å². The summed E-state index contributed by atoms with van der Waals surface area (Å²) in [5.41, 5.74) is -0.0829. The highest BCUT2D eigenvalue weighted by atomic mass is 16.6. The van der Waals surface area contributed by atoms with E-state index >= 15 is 0 Å². The Labute approximate surface area is 107 Å². The molecule has 3 heteroatoms. The quantitative estimate of drug-likeness (QED) is 0.602. The third-order valence-corrected chi connectivity index (χ3v) is 2.78. The first-order valence-electron chi connectivity index (χ1n) is 6.81. The van der Waals surface area contributed by atoms with Crippen LogP contribution in [0, 0.1) is 0 Å². The van der Waals surface area contributed by atoms with E-state index in [0.717, 1.165) is 6.42 Å². The molecule has 0 fully saturated rings. The maximum Gasteiger partial charge on any atom is 0.0787 e. The number of unbranched alkanes of at least 4 members (excludes halogenated alkanes) is 2. The van der Waals surface area contributed by atoms with Crippen LogP contribution >= 0.6 is 0 Å². The molecule has 17 heavy (non-hydrogen) atoms. The van der Waals surface area contributed by atoms with Crippen LogP contribution in [0.25, 0.3) is 0 Å². The van der Waals surface area contributed by atoms with Crippen molar-refractivity contribution in [2.24, 2.45) is 0 Å². The molecule has 0 bridgehead atoms. The van der Waals surface area contributed by atoms with E-state index in [1.54, 1.807) is 0 Å². The first-order valence-corrected chi connectivity index (χ1v) is 6.81. The van der Waals surface area contributed by atoms with Gasteiger partial charge in [0.2, 0.25) is 0 Å². The van der Waals surface area contributed by atoms with Gasteiger partial charge < -0.3 is 14.6 Å². The lowest BCUT2D eigenvalue weighted by Crippen LogP contribution is -2.32. The molecule has 0 aliphatic rings. The van der Waals surface area contributed by atoms with Gasteiger partial charge in [-0.1, -0.05) is 26.2 Å². The van der Waals surface area contributed by atoms with Crippen LogP contribution in [-0.4, -0.2) is 36.1 Å². The van der Waals surface area contributed by atoms with E-state index in [4.69, 9.17) is 14.6 Å². The van der Waals surface area contributed by atoms with E-state index in [-0.39, 0.29) is 24.4 Å². The van der Waals surface area contributed by atoms with Gasteiger partial charge in [0, 0.05) is 0 Å². The molecule has 0 aromatic carbocycles. The van der Waals surface area contributed by atoms with Crippen LogP contribution in [0.15, 0.2) is 0 Å². The molecular formula is C14H30O3. The van der Waals surface area contributed by atoms with Crippen molar-refractivity contribution >= 4 is 0 Å². The second-order valence-electron chi connectivity index (χ2n) is 5.47. The third kappa shape index (κ3) is 9.57. The van der Waals surface area contributed by atoms with Crippen LogP contribution in [0.1, 0.15) is 60.3 Å². The van der Waals surface area contributed by atoms with Gasteiger partial charge in [-0.05, 0) is 34.1 Å². The smallest absolute Gasteiger partial charge is 0.0787 e. The minimum absolute atomic E-state index is 0.0621. The highest BCUT2D eigenvalue weighted by molar-refractivity contribution is 4.70. The molecule has 104 valence electrons. The Balaban J connectivity index is 3.79. The van der Waals surface area contributed by atoms with Crippen molar-refractivity contribution in [1.29, 1.82) is 0 Å². The summed E-state index contributed by atoms with van der Waals surface area (Å²) in [5.74, 6) is 0. The number of aliphatic hydroxyl groups excluding tert-OH is 1. The normalized spacial score (nSPS) is 15.9. The van der Waals surface area contributed by atoms with Gasteiger partial charge in [0.1, 0.15) is 0 Å². The SMILES string of the molecule is CCCCCC(C)(C)OC(C)COC(C)CO. The Bertz CT molecular complexity index is 180. The minimum atomic E-state index is -0.107. The molecule has 0 amide bonds. The topological polar surface area (TPSA) is 38.7 Å². The van der Waals surface area contributed by atoms with Gasteiger partial charge in [0.05, 0.1) is 31.0 Å². The lowest BCUT2D eigenvalue weighted by Gasteiger charge is -2.29. The van der Waals surface area contributed by atoms with Gasteiger partial charge in [0.25, 0.3) is 0 Å². The second kappa shape index (κ2) is 8.90. The molecule has 0 saturated carbocycles. The van der Waals surface area contributed by atoms with Crippen LogP contribution in [0.4, 0.5) is 0 Å². The molecular weight excluding hydrogens is 216 g/mol. The van der Waals surface area contributed by atoms with Crippen LogP contribution in [-0.2, 0) is 9.47 Å².